The Labute approximate surface area is 152 Å². The van der Waals surface area contributed by atoms with E-state index in [0.29, 0.717) is 5.02 Å². The molecule has 7 heteroatoms. The molecule has 2 unspecified atom stereocenters. The van der Waals surface area contributed by atoms with Crippen molar-refractivity contribution in [1.82, 2.24) is 10.0 Å². The van der Waals surface area contributed by atoms with Gasteiger partial charge in [-0.2, -0.15) is 0 Å². The molecule has 0 spiro atoms. The number of benzene rings is 2. The minimum absolute atomic E-state index is 0.101. The van der Waals surface area contributed by atoms with Crippen LogP contribution in [0.5, 0.6) is 5.75 Å². The van der Waals surface area contributed by atoms with Crippen molar-refractivity contribution in [1.29, 1.82) is 0 Å². The van der Waals surface area contributed by atoms with Gasteiger partial charge in [0, 0.05) is 29.6 Å². The minimum Gasteiger partial charge on any atom is -0.488 e. The van der Waals surface area contributed by atoms with Crippen LogP contribution in [0.3, 0.4) is 0 Å². The van der Waals surface area contributed by atoms with Gasteiger partial charge in [-0.1, -0.05) is 23.7 Å². The Morgan fingerprint density at radius 3 is 2.80 bits per heavy atom. The van der Waals surface area contributed by atoms with Crippen molar-refractivity contribution in [3.63, 3.8) is 0 Å². The van der Waals surface area contributed by atoms with Gasteiger partial charge in [0.25, 0.3) is 0 Å². The number of rotatable bonds is 4. The normalized spacial score (nSPS) is 22.1. The van der Waals surface area contributed by atoms with Crippen molar-refractivity contribution < 1.29 is 13.2 Å². The Kier molecular flexibility index (Phi) is 4.45. The summed E-state index contributed by atoms with van der Waals surface area (Å²) in [5, 5.41) is 3.94. The van der Waals surface area contributed by atoms with Crippen molar-refractivity contribution in [3.8, 4) is 5.75 Å². The molecule has 2 aliphatic rings. The third-order valence-corrected chi connectivity index (χ3v) is 6.43. The van der Waals surface area contributed by atoms with E-state index in [9.17, 15) is 8.42 Å². The third-order valence-electron chi connectivity index (χ3n) is 4.78. The van der Waals surface area contributed by atoms with Crippen LogP contribution in [-0.2, 0) is 16.6 Å². The second kappa shape index (κ2) is 6.61. The average molecular weight is 379 g/mol. The molecule has 4 rings (SSSR count). The van der Waals surface area contributed by atoms with Gasteiger partial charge in [0.05, 0.1) is 4.90 Å². The Morgan fingerprint density at radius 2 is 2.00 bits per heavy atom. The topological polar surface area (TPSA) is 67.4 Å². The zero-order chi connectivity index (χ0) is 17.4. The first-order valence-corrected chi connectivity index (χ1v) is 10.1. The number of sulfonamides is 1. The maximum absolute atomic E-state index is 12.6. The minimum atomic E-state index is -3.58. The summed E-state index contributed by atoms with van der Waals surface area (Å²) in [6.45, 7) is 1.95. The van der Waals surface area contributed by atoms with E-state index in [1.54, 1.807) is 42.5 Å². The molecule has 0 saturated carbocycles. The molecule has 2 aromatic rings. The molecule has 0 radical (unpaired) electrons. The molecule has 2 aliphatic heterocycles. The van der Waals surface area contributed by atoms with Crippen LogP contribution < -0.4 is 14.8 Å². The van der Waals surface area contributed by atoms with Gasteiger partial charge in [0.1, 0.15) is 11.9 Å². The maximum atomic E-state index is 12.6. The number of ether oxygens (including phenoxy) is 1. The van der Waals surface area contributed by atoms with E-state index in [1.165, 1.54) is 0 Å². The monoisotopic (exact) mass is 378 g/mol. The summed E-state index contributed by atoms with van der Waals surface area (Å²) >= 11 is 5.85. The number of nitrogens with one attached hydrogen (secondary N) is 2. The van der Waals surface area contributed by atoms with Gasteiger partial charge < -0.3 is 10.1 Å². The van der Waals surface area contributed by atoms with E-state index < -0.39 is 10.0 Å². The van der Waals surface area contributed by atoms with Gasteiger partial charge in [-0.25, -0.2) is 13.1 Å². The highest BCUT2D eigenvalue weighted by Crippen LogP contribution is 2.42. The first-order valence-electron chi connectivity index (χ1n) is 8.28. The van der Waals surface area contributed by atoms with Crippen LogP contribution in [0, 0.1) is 0 Å². The predicted octanol–water partition coefficient (Wildman–Crippen LogP) is 2.66. The Balaban J connectivity index is 1.54. The van der Waals surface area contributed by atoms with Crippen LogP contribution in [0.25, 0.3) is 0 Å². The third kappa shape index (κ3) is 3.40. The van der Waals surface area contributed by atoms with E-state index in [2.05, 4.69) is 10.0 Å². The fourth-order valence-corrected chi connectivity index (χ4v) is 4.61. The molecular formula is C18H19ClN2O3S. The SMILES string of the molecule is O=S(=O)(NCc1ccc(Cl)cc1)c1ccc2c(c1)C1CCNCC1O2. The van der Waals surface area contributed by atoms with Gasteiger partial charge in [-0.05, 0) is 48.9 Å². The van der Waals surface area contributed by atoms with Crippen molar-refractivity contribution in [2.45, 2.75) is 29.9 Å². The van der Waals surface area contributed by atoms with Crippen LogP contribution in [0.1, 0.15) is 23.5 Å². The molecule has 2 heterocycles. The van der Waals surface area contributed by atoms with Crippen molar-refractivity contribution in [2.75, 3.05) is 13.1 Å². The number of halogens is 1. The molecular weight excluding hydrogens is 360 g/mol. The molecule has 0 amide bonds. The molecule has 0 bridgehead atoms. The number of fused-ring (bicyclic) bond motifs is 3. The standard InChI is InChI=1S/C18H19ClN2O3S/c19-13-3-1-12(2-4-13)10-21-25(22,23)14-5-6-17-16(9-14)15-7-8-20-11-18(15)24-17/h1-6,9,15,18,20-21H,7-8,10-11H2. The number of hydrogen-bond acceptors (Lipinski definition) is 4. The first-order chi connectivity index (χ1) is 12.0. The highest BCUT2D eigenvalue weighted by Gasteiger charge is 2.36. The first kappa shape index (κ1) is 16.8. The molecule has 132 valence electrons. The summed E-state index contributed by atoms with van der Waals surface area (Å²) in [5.41, 5.74) is 1.86. The van der Waals surface area contributed by atoms with Gasteiger partial charge in [0.2, 0.25) is 10.0 Å². The highest BCUT2D eigenvalue weighted by molar-refractivity contribution is 7.89. The van der Waals surface area contributed by atoms with E-state index in [-0.39, 0.29) is 23.5 Å². The van der Waals surface area contributed by atoms with Crippen LogP contribution in [0.4, 0.5) is 0 Å². The van der Waals surface area contributed by atoms with Gasteiger partial charge in [0.15, 0.2) is 0 Å². The lowest BCUT2D eigenvalue weighted by Crippen LogP contribution is -2.39. The molecule has 5 nitrogen and oxygen atoms in total. The van der Waals surface area contributed by atoms with Crippen LogP contribution in [0.2, 0.25) is 5.02 Å². The molecule has 2 aromatic carbocycles. The summed E-state index contributed by atoms with van der Waals surface area (Å²) < 4.78 is 33.9. The van der Waals surface area contributed by atoms with Gasteiger partial charge >= 0.3 is 0 Å². The largest absolute Gasteiger partial charge is 0.488 e. The lowest BCUT2D eigenvalue weighted by molar-refractivity contribution is 0.177. The van der Waals surface area contributed by atoms with E-state index >= 15 is 0 Å². The fourth-order valence-electron chi connectivity index (χ4n) is 3.43. The summed E-state index contributed by atoms with van der Waals surface area (Å²) in [6.07, 6.45) is 1.06. The van der Waals surface area contributed by atoms with E-state index in [0.717, 1.165) is 36.4 Å². The van der Waals surface area contributed by atoms with Gasteiger partial charge in [-0.15, -0.1) is 0 Å². The van der Waals surface area contributed by atoms with Crippen LogP contribution in [0.15, 0.2) is 47.4 Å². The zero-order valence-corrected chi connectivity index (χ0v) is 15.1. The molecule has 1 saturated heterocycles. The molecule has 2 N–H and O–H groups in total. The Morgan fingerprint density at radius 1 is 1.20 bits per heavy atom. The van der Waals surface area contributed by atoms with Crippen LogP contribution >= 0.6 is 11.6 Å². The fraction of sp³-hybridized carbons (Fsp3) is 0.333. The summed E-state index contributed by atoms with van der Waals surface area (Å²) in [5.74, 6) is 1.07. The van der Waals surface area contributed by atoms with Crippen molar-refractivity contribution in [3.05, 3.63) is 58.6 Å². The number of piperidine rings is 1. The lowest BCUT2D eigenvalue weighted by Gasteiger charge is -2.24. The van der Waals surface area contributed by atoms with E-state index in [4.69, 9.17) is 16.3 Å². The second-order valence-corrected chi connectivity index (χ2v) is 8.61. The Hall–Kier alpha value is -1.60. The quantitative estimate of drug-likeness (QED) is 0.858. The maximum Gasteiger partial charge on any atom is 0.240 e. The molecule has 2 atom stereocenters. The molecule has 25 heavy (non-hydrogen) atoms. The van der Waals surface area contributed by atoms with Gasteiger partial charge in [-0.3, -0.25) is 0 Å². The van der Waals surface area contributed by atoms with Crippen molar-refractivity contribution in [2.24, 2.45) is 0 Å². The summed E-state index contributed by atoms with van der Waals surface area (Å²) in [6, 6.07) is 12.2. The summed E-state index contributed by atoms with van der Waals surface area (Å²) in [7, 11) is -3.58. The summed E-state index contributed by atoms with van der Waals surface area (Å²) in [4.78, 5) is 0.281. The smallest absolute Gasteiger partial charge is 0.240 e. The molecule has 0 aliphatic carbocycles. The average Bonchev–Trinajstić information content (AvgIpc) is 2.99. The zero-order valence-electron chi connectivity index (χ0n) is 13.5. The predicted molar refractivity (Wildman–Crippen MR) is 96.6 cm³/mol. The van der Waals surface area contributed by atoms with Crippen molar-refractivity contribution >= 4 is 21.6 Å². The highest BCUT2D eigenvalue weighted by atomic mass is 35.5. The molecule has 1 fully saturated rings. The van der Waals surface area contributed by atoms with E-state index in [1.807, 2.05) is 0 Å². The number of hydrogen-bond donors (Lipinski definition) is 2. The Bertz CT molecular complexity index is 884. The lowest BCUT2D eigenvalue weighted by atomic mass is 9.90. The van der Waals surface area contributed by atoms with Crippen LogP contribution in [-0.4, -0.2) is 27.6 Å². The molecule has 0 aromatic heterocycles. The second-order valence-electron chi connectivity index (χ2n) is 6.41.